The Morgan fingerprint density at radius 2 is 2.25 bits per heavy atom. The maximum Gasteiger partial charge on any atom is 0.237 e. The van der Waals surface area contributed by atoms with Crippen molar-refractivity contribution in [1.29, 1.82) is 0 Å². The predicted molar refractivity (Wildman–Crippen MR) is 79.4 cm³/mol. The van der Waals surface area contributed by atoms with Gasteiger partial charge in [0.05, 0.1) is 6.54 Å². The van der Waals surface area contributed by atoms with Crippen molar-refractivity contribution in [3.63, 3.8) is 0 Å². The van der Waals surface area contributed by atoms with E-state index in [1.165, 1.54) is 0 Å². The molecule has 2 rings (SSSR count). The first-order chi connectivity index (χ1) is 9.60. The summed E-state index contributed by atoms with van der Waals surface area (Å²) in [6.07, 6.45) is 3.20. The van der Waals surface area contributed by atoms with Gasteiger partial charge in [-0.1, -0.05) is 19.1 Å². The number of nitrogens with one attached hydrogen (secondary N) is 1. The van der Waals surface area contributed by atoms with Gasteiger partial charge in [-0.3, -0.25) is 4.79 Å². The van der Waals surface area contributed by atoms with E-state index in [0.29, 0.717) is 25.2 Å². The number of aromatic hydroxyl groups is 1. The molecule has 1 fully saturated rings. The number of amides is 1. The van der Waals surface area contributed by atoms with Crippen molar-refractivity contribution in [2.24, 2.45) is 0 Å². The molecule has 4 heteroatoms. The molecule has 0 aliphatic heterocycles. The molecule has 1 atom stereocenters. The number of hydrogen-bond donors (Lipinski definition) is 2. The fourth-order valence-corrected chi connectivity index (χ4v) is 2.17. The Hall–Kier alpha value is -1.55. The molecular weight excluding hydrogens is 252 g/mol. The monoisotopic (exact) mass is 276 g/mol. The van der Waals surface area contributed by atoms with Crippen LogP contribution >= 0.6 is 0 Å². The molecule has 0 heterocycles. The lowest BCUT2D eigenvalue weighted by Gasteiger charge is -2.24. The van der Waals surface area contributed by atoms with E-state index in [1.54, 1.807) is 12.1 Å². The summed E-state index contributed by atoms with van der Waals surface area (Å²) in [5, 5.41) is 12.8. The average Bonchev–Trinajstić information content (AvgIpc) is 3.26. The van der Waals surface area contributed by atoms with Gasteiger partial charge in [0.15, 0.2) is 0 Å². The largest absolute Gasteiger partial charge is 0.508 e. The summed E-state index contributed by atoms with van der Waals surface area (Å²) in [5.74, 6) is 0.402. The molecule has 4 nitrogen and oxygen atoms in total. The van der Waals surface area contributed by atoms with Crippen molar-refractivity contribution in [3.8, 4) is 5.75 Å². The van der Waals surface area contributed by atoms with Gasteiger partial charge in [0, 0.05) is 18.6 Å². The van der Waals surface area contributed by atoms with Crippen molar-refractivity contribution in [1.82, 2.24) is 10.2 Å². The highest BCUT2D eigenvalue weighted by Crippen LogP contribution is 2.28. The third-order valence-corrected chi connectivity index (χ3v) is 3.79. The molecule has 110 valence electrons. The van der Waals surface area contributed by atoms with Crippen molar-refractivity contribution in [2.45, 2.75) is 51.7 Å². The van der Waals surface area contributed by atoms with Gasteiger partial charge in [-0.2, -0.15) is 0 Å². The van der Waals surface area contributed by atoms with Gasteiger partial charge in [-0.05, 0) is 43.9 Å². The van der Waals surface area contributed by atoms with Gasteiger partial charge in [0.2, 0.25) is 5.91 Å². The molecule has 1 amide bonds. The summed E-state index contributed by atoms with van der Waals surface area (Å²) in [7, 11) is 0. The quantitative estimate of drug-likeness (QED) is 0.803. The second-order valence-electron chi connectivity index (χ2n) is 5.61. The Bertz CT molecular complexity index is 458. The normalized spacial score (nSPS) is 15.9. The van der Waals surface area contributed by atoms with Crippen LogP contribution < -0.4 is 5.32 Å². The summed E-state index contributed by atoms with van der Waals surface area (Å²) in [6, 6.07) is 7.88. The summed E-state index contributed by atoms with van der Waals surface area (Å²) in [6.45, 7) is 5.17. The lowest BCUT2D eigenvalue weighted by atomic mass is 10.2. The van der Waals surface area contributed by atoms with Crippen LogP contribution in [-0.2, 0) is 11.3 Å². The topological polar surface area (TPSA) is 52.6 Å². The Labute approximate surface area is 120 Å². The number of phenolic OH excluding ortho intramolecular Hbond substituents is 1. The number of nitrogens with zero attached hydrogens (tertiary/aromatic N) is 1. The Balaban J connectivity index is 1.95. The van der Waals surface area contributed by atoms with Crippen LogP contribution in [0.15, 0.2) is 24.3 Å². The lowest BCUT2D eigenvalue weighted by molar-refractivity contribution is -0.131. The highest BCUT2D eigenvalue weighted by atomic mass is 16.3. The molecule has 1 aliphatic rings. The van der Waals surface area contributed by atoms with Crippen molar-refractivity contribution >= 4 is 5.91 Å². The molecule has 0 radical (unpaired) electrons. The zero-order chi connectivity index (χ0) is 14.5. The fourth-order valence-electron chi connectivity index (χ4n) is 2.17. The number of rotatable bonds is 7. The van der Waals surface area contributed by atoms with Crippen molar-refractivity contribution in [3.05, 3.63) is 29.8 Å². The summed E-state index contributed by atoms with van der Waals surface area (Å²) in [4.78, 5) is 14.3. The number of hydrogen-bond acceptors (Lipinski definition) is 3. The van der Waals surface area contributed by atoms with Crippen LogP contribution in [0.5, 0.6) is 5.75 Å². The van der Waals surface area contributed by atoms with Crippen LogP contribution in [0.1, 0.15) is 38.7 Å². The molecular formula is C16H24N2O2. The van der Waals surface area contributed by atoms with Crippen LogP contribution in [0.3, 0.4) is 0 Å². The van der Waals surface area contributed by atoms with Crippen molar-refractivity contribution < 1.29 is 9.90 Å². The van der Waals surface area contributed by atoms with E-state index in [2.05, 4.69) is 19.2 Å². The standard InChI is InChI=1S/C16H24N2O2/c1-3-12(2)17-10-16(20)18(14-7-8-14)11-13-5-4-6-15(19)9-13/h4-6,9,12,14,17,19H,3,7-8,10-11H2,1-2H3. The highest BCUT2D eigenvalue weighted by Gasteiger charge is 2.32. The number of benzene rings is 1. The van der Waals surface area contributed by atoms with E-state index in [-0.39, 0.29) is 11.7 Å². The number of carbonyl (C=O) groups is 1. The highest BCUT2D eigenvalue weighted by molar-refractivity contribution is 5.79. The molecule has 1 saturated carbocycles. The zero-order valence-electron chi connectivity index (χ0n) is 12.3. The van der Waals surface area contributed by atoms with Crippen LogP contribution in [0.25, 0.3) is 0 Å². The average molecular weight is 276 g/mol. The van der Waals surface area contributed by atoms with E-state index in [4.69, 9.17) is 0 Å². The maximum atomic E-state index is 12.3. The molecule has 1 aromatic rings. The van der Waals surface area contributed by atoms with Gasteiger partial charge in [0.1, 0.15) is 5.75 Å². The first-order valence-corrected chi connectivity index (χ1v) is 7.41. The van der Waals surface area contributed by atoms with E-state index in [1.807, 2.05) is 17.0 Å². The molecule has 1 aliphatic carbocycles. The summed E-state index contributed by atoms with van der Waals surface area (Å²) >= 11 is 0. The molecule has 0 spiro atoms. The van der Waals surface area contributed by atoms with Gasteiger partial charge >= 0.3 is 0 Å². The third-order valence-electron chi connectivity index (χ3n) is 3.79. The predicted octanol–water partition coefficient (Wildman–Crippen LogP) is 2.27. The summed E-state index contributed by atoms with van der Waals surface area (Å²) in [5.41, 5.74) is 0.980. The van der Waals surface area contributed by atoms with Crippen molar-refractivity contribution in [2.75, 3.05) is 6.54 Å². The van der Waals surface area contributed by atoms with E-state index in [9.17, 15) is 9.90 Å². The molecule has 1 unspecified atom stereocenters. The molecule has 2 N–H and O–H groups in total. The van der Waals surface area contributed by atoms with Crippen LogP contribution in [0.2, 0.25) is 0 Å². The van der Waals surface area contributed by atoms with Gasteiger partial charge in [-0.15, -0.1) is 0 Å². The number of carbonyl (C=O) groups excluding carboxylic acids is 1. The second-order valence-corrected chi connectivity index (χ2v) is 5.61. The van der Waals surface area contributed by atoms with Gasteiger partial charge in [0.25, 0.3) is 0 Å². The van der Waals surface area contributed by atoms with Crippen LogP contribution in [-0.4, -0.2) is 34.5 Å². The SMILES string of the molecule is CCC(C)NCC(=O)N(Cc1cccc(O)c1)C1CC1. The Morgan fingerprint density at radius 1 is 1.50 bits per heavy atom. The molecule has 0 saturated heterocycles. The van der Waals surface area contributed by atoms with E-state index >= 15 is 0 Å². The smallest absolute Gasteiger partial charge is 0.237 e. The Kier molecular flexibility index (Phi) is 5.01. The molecule has 1 aromatic carbocycles. The minimum absolute atomic E-state index is 0.149. The van der Waals surface area contributed by atoms with E-state index in [0.717, 1.165) is 24.8 Å². The minimum Gasteiger partial charge on any atom is -0.508 e. The fraction of sp³-hybridized carbons (Fsp3) is 0.562. The van der Waals surface area contributed by atoms with Gasteiger partial charge in [-0.25, -0.2) is 0 Å². The molecule has 20 heavy (non-hydrogen) atoms. The molecule has 0 bridgehead atoms. The van der Waals surface area contributed by atoms with Crippen LogP contribution in [0, 0.1) is 0 Å². The maximum absolute atomic E-state index is 12.3. The Morgan fingerprint density at radius 3 is 2.85 bits per heavy atom. The van der Waals surface area contributed by atoms with Gasteiger partial charge < -0.3 is 15.3 Å². The second kappa shape index (κ2) is 6.75. The lowest BCUT2D eigenvalue weighted by Crippen LogP contribution is -2.41. The third kappa shape index (κ3) is 4.23. The first kappa shape index (κ1) is 14.9. The zero-order valence-corrected chi connectivity index (χ0v) is 12.3. The van der Waals surface area contributed by atoms with E-state index < -0.39 is 0 Å². The van der Waals surface area contributed by atoms with Crippen LogP contribution in [0.4, 0.5) is 0 Å². The number of phenols is 1. The minimum atomic E-state index is 0.149. The summed E-state index contributed by atoms with van der Waals surface area (Å²) < 4.78 is 0. The molecule has 0 aromatic heterocycles. The first-order valence-electron chi connectivity index (χ1n) is 7.41.